The molecule has 160 valence electrons. The third kappa shape index (κ3) is 3.20. The van der Waals surface area contributed by atoms with Crippen LogP contribution in [-0.4, -0.2) is 28.2 Å². The summed E-state index contributed by atoms with van der Waals surface area (Å²) >= 11 is 0. The van der Waals surface area contributed by atoms with Crippen LogP contribution in [0.4, 0.5) is 0 Å². The van der Waals surface area contributed by atoms with Gasteiger partial charge in [0.1, 0.15) is 5.78 Å². The van der Waals surface area contributed by atoms with Crippen LogP contribution in [0.5, 0.6) is 0 Å². The maximum Gasteiger partial charge on any atom is 0.129 e. The normalized spacial score (nSPS) is 51.7. The van der Waals surface area contributed by atoms with Crippen molar-refractivity contribution in [3.8, 4) is 0 Å². The standard InChI is InChI=1S/C25H42O3/c1-15(5-6-16(2)26)19-7-8-20-23-21(10-12-25(19,20)4)24(3)11-9-18(27)13-17(24)14-22(23)28/h15,17-23,27-28H,5-14H2,1-4H3/t15-,17?,18-,19?,20+,21+,22?,23?,24?,25?/m1/s1. The lowest BCUT2D eigenvalue weighted by Crippen LogP contribution is -2.58. The van der Waals surface area contributed by atoms with Crippen LogP contribution in [0, 0.1) is 46.3 Å². The van der Waals surface area contributed by atoms with Crippen molar-refractivity contribution in [2.45, 2.75) is 104 Å². The number of aliphatic hydroxyl groups excluding tert-OH is 2. The Labute approximate surface area is 171 Å². The molecule has 0 saturated heterocycles. The van der Waals surface area contributed by atoms with E-state index in [1.54, 1.807) is 6.92 Å². The van der Waals surface area contributed by atoms with E-state index < -0.39 is 0 Å². The molecule has 4 saturated carbocycles. The predicted octanol–water partition coefficient (Wildman–Crippen LogP) is 4.98. The number of hydrogen-bond donors (Lipinski definition) is 2. The molecule has 28 heavy (non-hydrogen) atoms. The molecule has 0 aliphatic heterocycles. The van der Waals surface area contributed by atoms with E-state index in [9.17, 15) is 15.0 Å². The van der Waals surface area contributed by atoms with Crippen LogP contribution in [-0.2, 0) is 4.79 Å². The highest BCUT2D eigenvalue weighted by Crippen LogP contribution is 2.68. The first-order valence-corrected chi connectivity index (χ1v) is 12.0. The molecule has 0 spiro atoms. The minimum Gasteiger partial charge on any atom is -0.393 e. The average Bonchev–Trinajstić information content (AvgIpc) is 2.98. The van der Waals surface area contributed by atoms with Gasteiger partial charge in [0.15, 0.2) is 0 Å². The zero-order chi connectivity index (χ0) is 20.3. The Kier molecular flexibility index (Phi) is 5.49. The summed E-state index contributed by atoms with van der Waals surface area (Å²) in [5, 5.41) is 21.5. The second-order valence-corrected chi connectivity index (χ2v) is 11.7. The molecule has 4 rings (SSSR count). The van der Waals surface area contributed by atoms with Gasteiger partial charge in [0, 0.05) is 6.42 Å². The first-order chi connectivity index (χ1) is 13.2. The van der Waals surface area contributed by atoms with Crippen molar-refractivity contribution in [3.05, 3.63) is 0 Å². The highest BCUT2D eigenvalue weighted by molar-refractivity contribution is 5.75. The van der Waals surface area contributed by atoms with Gasteiger partial charge < -0.3 is 15.0 Å². The fourth-order valence-corrected chi connectivity index (χ4v) is 8.81. The summed E-state index contributed by atoms with van der Waals surface area (Å²) in [6.45, 7) is 9.08. The SMILES string of the molecule is CC(=O)CC[C@@H](C)C1CC[C@H]2C3C(O)CC4C[C@H](O)CCC4(C)[C@H]3CCC12C. The van der Waals surface area contributed by atoms with Crippen molar-refractivity contribution in [3.63, 3.8) is 0 Å². The Morgan fingerprint density at radius 2 is 1.68 bits per heavy atom. The van der Waals surface area contributed by atoms with Gasteiger partial charge >= 0.3 is 0 Å². The van der Waals surface area contributed by atoms with Crippen LogP contribution in [0.1, 0.15) is 91.9 Å². The second-order valence-electron chi connectivity index (χ2n) is 11.7. The number of carbonyl (C=O) groups excluding carboxylic acids is 1. The van der Waals surface area contributed by atoms with E-state index in [2.05, 4.69) is 20.8 Å². The van der Waals surface area contributed by atoms with Gasteiger partial charge in [-0.2, -0.15) is 0 Å². The lowest BCUT2D eigenvalue weighted by molar-refractivity contribution is -0.174. The molecule has 3 heteroatoms. The molecular weight excluding hydrogens is 348 g/mol. The van der Waals surface area contributed by atoms with Crippen LogP contribution in [0.15, 0.2) is 0 Å². The summed E-state index contributed by atoms with van der Waals surface area (Å²) in [5.74, 6) is 3.81. The molecule has 4 fully saturated rings. The molecule has 4 aliphatic carbocycles. The fourth-order valence-electron chi connectivity index (χ4n) is 8.81. The number of aliphatic hydroxyl groups is 2. The third-order valence-corrected chi connectivity index (χ3v) is 10.4. The quantitative estimate of drug-likeness (QED) is 0.711. The van der Waals surface area contributed by atoms with E-state index in [4.69, 9.17) is 0 Å². The van der Waals surface area contributed by atoms with Crippen molar-refractivity contribution in [1.82, 2.24) is 0 Å². The van der Waals surface area contributed by atoms with E-state index in [1.807, 2.05) is 0 Å². The third-order valence-electron chi connectivity index (χ3n) is 10.4. The predicted molar refractivity (Wildman–Crippen MR) is 112 cm³/mol. The average molecular weight is 391 g/mol. The lowest BCUT2D eigenvalue weighted by Gasteiger charge is -2.62. The number of fused-ring (bicyclic) bond motifs is 5. The molecular formula is C25H42O3. The Hall–Kier alpha value is -0.410. The molecule has 0 radical (unpaired) electrons. The molecule has 0 heterocycles. The Morgan fingerprint density at radius 1 is 1.00 bits per heavy atom. The number of ketones is 1. The van der Waals surface area contributed by atoms with Crippen LogP contribution >= 0.6 is 0 Å². The summed E-state index contributed by atoms with van der Waals surface area (Å²) in [6, 6.07) is 0. The van der Waals surface area contributed by atoms with Gasteiger partial charge in [-0.1, -0.05) is 20.8 Å². The van der Waals surface area contributed by atoms with Crippen LogP contribution < -0.4 is 0 Å². The van der Waals surface area contributed by atoms with E-state index in [-0.39, 0.29) is 12.2 Å². The maximum absolute atomic E-state index is 11.5. The van der Waals surface area contributed by atoms with Gasteiger partial charge in [0.05, 0.1) is 12.2 Å². The van der Waals surface area contributed by atoms with E-state index >= 15 is 0 Å². The van der Waals surface area contributed by atoms with Crippen molar-refractivity contribution in [2.24, 2.45) is 46.3 Å². The lowest BCUT2D eigenvalue weighted by atomic mass is 9.43. The van der Waals surface area contributed by atoms with Gasteiger partial charge in [-0.15, -0.1) is 0 Å². The molecule has 10 atom stereocenters. The molecule has 3 nitrogen and oxygen atoms in total. The number of Topliss-reactive ketones (excluding diaryl/α,β-unsaturated/α-hetero) is 1. The first kappa shape index (κ1) is 20.8. The zero-order valence-electron chi connectivity index (χ0n) is 18.5. The summed E-state index contributed by atoms with van der Waals surface area (Å²) in [7, 11) is 0. The monoisotopic (exact) mass is 390 g/mol. The molecule has 4 aliphatic rings. The van der Waals surface area contributed by atoms with Crippen molar-refractivity contribution in [1.29, 1.82) is 0 Å². The highest BCUT2D eigenvalue weighted by atomic mass is 16.3. The minimum atomic E-state index is -0.190. The minimum absolute atomic E-state index is 0.159. The topological polar surface area (TPSA) is 57.5 Å². The smallest absolute Gasteiger partial charge is 0.129 e. The Bertz CT molecular complexity index is 603. The molecule has 6 unspecified atom stereocenters. The fraction of sp³-hybridized carbons (Fsp3) is 0.960. The molecule has 0 bridgehead atoms. The van der Waals surface area contributed by atoms with Gasteiger partial charge in [0.25, 0.3) is 0 Å². The van der Waals surface area contributed by atoms with Crippen molar-refractivity contribution < 1.29 is 15.0 Å². The number of hydrogen-bond acceptors (Lipinski definition) is 3. The molecule has 0 aromatic carbocycles. The molecule has 2 N–H and O–H groups in total. The first-order valence-electron chi connectivity index (χ1n) is 12.0. The van der Waals surface area contributed by atoms with Gasteiger partial charge in [-0.05, 0) is 111 Å². The molecule has 0 aromatic heterocycles. The Morgan fingerprint density at radius 3 is 2.39 bits per heavy atom. The van der Waals surface area contributed by atoms with Crippen LogP contribution in [0.25, 0.3) is 0 Å². The van der Waals surface area contributed by atoms with E-state index in [0.29, 0.717) is 52.1 Å². The second kappa shape index (κ2) is 7.38. The zero-order valence-corrected chi connectivity index (χ0v) is 18.5. The summed E-state index contributed by atoms with van der Waals surface area (Å²) in [4.78, 5) is 11.5. The Balaban J connectivity index is 1.55. The van der Waals surface area contributed by atoms with Crippen LogP contribution in [0.3, 0.4) is 0 Å². The van der Waals surface area contributed by atoms with Gasteiger partial charge in [-0.25, -0.2) is 0 Å². The van der Waals surface area contributed by atoms with Gasteiger partial charge in [-0.3, -0.25) is 0 Å². The summed E-state index contributed by atoms with van der Waals surface area (Å²) in [6.07, 6.45) is 10.3. The van der Waals surface area contributed by atoms with Crippen molar-refractivity contribution in [2.75, 3.05) is 0 Å². The summed E-state index contributed by atoms with van der Waals surface area (Å²) in [5.41, 5.74) is 0.637. The molecule has 0 aromatic rings. The maximum atomic E-state index is 11.5. The van der Waals surface area contributed by atoms with E-state index in [1.165, 1.54) is 25.7 Å². The number of rotatable bonds is 4. The molecule has 0 amide bonds. The van der Waals surface area contributed by atoms with E-state index in [0.717, 1.165) is 38.5 Å². The largest absolute Gasteiger partial charge is 0.393 e. The number of carbonyl (C=O) groups is 1. The van der Waals surface area contributed by atoms with Crippen molar-refractivity contribution >= 4 is 5.78 Å². The van der Waals surface area contributed by atoms with Crippen LogP contribution in [0.2, 0.25) is 0 Å². The van der Waals surface area contributed by atoms with Gasteiger partial charge in [0.2, 0.25) is 0 Å². The summed E-state index contributed by atoms with van der Waals surface area (Å²) < 4.78 is 0. The highest BCUT2D eigenvalue weighted by Gasteiger charge is 2.62.